The number of nitriles is 1. The fourth-order valence-corrected chi connectivity index (χ4v) is 2.68. The zero-order chi connectivity index (χ0) is 17.0. The number of hydrogen-bond donors (Lipinski definition) is 2. The van der Waals surface area contributed by atoms with Crippen molar-refractivity contribution in [2.75, 3.05) is 11.9 Å². The molecular weight excluding hydrogens is 341 g/mol. The van der Waals surface area contributed by atoms with Crippen LogP contribution in [0, 0.1) is 21.4 Å². The monoisotopic (exact) mass is 351 g/mol. The molecule has 8 heteroatoms. The lowest BCUT2D eigenvalue weighted by Crippen LogP contribution is -2.13. The SMILES string of the molecule is N#Cc1cc([N+](=O)[O-])ccc1NCC(O)c1c(Cl)cccc1Cl. The van der Waals surface area contributed by atoms with Crippen LogP contribution in [0.2, 0.25) is 10.0 Å². The number of nitrogens with one attached hydrogen (secondary N) is 1. The Labute approximate surface area is 142 Å². The van der Waals surface area contributed by atoms with Crippen molar-refractivity contribution in [2.24, 2.45) is 0 Å². The largest absolute Gasteiger partial charge is 0.386 e. The fraction of sp³-hybridized carbons (Fsp3) is 0.133. The van der Waals surface area contributed by atoms with Gasteiger partial charge in [-0.2, -0.15) is 5.26 Å². The van der Waals surface area contributed by atoms with Gasteiger partial charge in [0.2, 0.25) is 0 Å². The Bertz CT molecular complexity index is 770. The zero-order valence-electron chi connectivity index (χ0n) is 11.7. The molecule has 2 rings (SSSR count). The van der Waals surface area contributed by atoms with E-state index >= 15 is 0 Å². The zero-order valence-corrected chi connectivity index (χ0v) is 13.2. The highest BCUT2D eigenvalue weighted by Crippen LogP contribution is 2.31. The minimum absolute atomic E-state index is 0.0376. The Hall–Kier alpha value is -2.33. The van der Waals surface area contributed by atoms with Gasteiger partial charge in [-0.1, -0.05) is 29.3 Å². The number of nitro groups is 1. The lowest BCUT2D eigenvalue weighted by Gasteiger charge is -2.16. The summed E-state index contributed by atoms with van der Waals surface area (Å²) < 4.78 is 0. The summed E-state index contributed by atoms with van der Waals surface area (Å²) in [6, 6.07) is 10.6. The number of nitrogens with zero attached hydrogens (tertiary/aromatic N) is 2. The molecule has 2 N–H and O–H groups in total. The molecule has 23 heavy (non-hydrogen) atoms. The van der Waals surface area contributed by atoms with E-state index in [1.165, 1.54) is 12.1 Å². The smallest absolute Gasteiger partial charge is 0.270 e. The quantitative estimate of drug-likeness (QED) is 0.628. The van der Waals surface area contributed by atoms with Gasteiger partial charge in [0.1, 0.15) is 6.07 Å². The molecule has 1 atom stereocenters. The predicted molar refractivity (Wildman–Crippen MR) is 87.7 cm³/mol. The molecule has 0 saturated heterocycles. The van der Waals surface area contributed by atoms with Crippen molar-refractivity contribution in [3.8, 4) is 6.07 Å². The number of non-ortho nitro benzene ring substituents is 1. The van der Waals surface area contributed by atoms with E-state index < -0.39 is 11.0 Å². The standard InChI is InChI=1S/C15H11Cl2N3O3/c16-11-2-1-3-12(17)15(11)14(21)8-19-13-5-4-10(20(22)23)6-9(13)7-18/h1-6,14,19,21H,8H2. The minimum atomic E-state index is -1.00. The van der Waals surface area contributed by atoms with Gasteiger partial charge in [-0.05, 0) is 18.2 Å². The van der Waals surface area contributed by atoms with Crippen LogP contribution in [-0.2, 0) is 0 Å². The van der Waals surface area contributed by atoms with Gasteiger partial charge >= 0.3 is 0 Å². The molecule has 0 aliphatic carbocycles. The average Bonchev–Trinajstić information content (AvgIpc) is 2.52. The van der Waals surface area contributed by atoms with Crippen LogP contribution >= 0.6 is 23.2 Å². The number of halogens is 2. The second-order valence-corrected chi connectivity index (χ2v) is 5.45. The molecule has 0 aromatic heterocycles. The Morgan fingerprint density at radius 2 is 1.96 bits per heavy atom. The van der Waals surface area contributed by atoms with Gasteiger partial charge in [0.05, 0.1) is 22.3 Å². The van der Waals surface area contributed by atoms with Crippen LogP contribution in [0.1, 0.15) is 17.2 Å². The second-order valence-electron chi connectivity index (χ2n) is 4.63. The molecule has 0 spiro atoms. The van der Waals surface area contributed by atoms with Crippen molar-refractivity contribution in [3.63, 3.8) is 0 Å². The van der Waals surface area contributed by atoms with E-state index in [0.29, 0.717) is 21.3 Å². The molecule has 2 aromatic carbocycles. The highest BCUT2D eigenvalue weighted by molar-refractivity contribution is 6.36. The molecule has 6 nitrogen and oxygen atoms in total. The van der Waals surface area contributed by atoms with Crippen molar-refractivity contribution in [2.45, 2.75) is 6.10 Å². The van der Waals surface area contributed by atoms with Crippen LogP contribution in [0.5, 0.6) is 0 Å². The summed E-state index contributed by atoms with van der Waals surface area (Å²) in [5.41, 5.74) is 0.683. The van der Waals surface area contributed by atoms with E-state index in [2.05, 4.69) is 5.32 Å². The van der Waals surface area contributed by atoms with Crippen LogP contribution in [0.3, 0.4) is 0 Å². The molecule has 0 radical (unpaired) electrons. The second kappa shape index (κ2) is 7.29. The first-order chi connectivity index (χ1) is 10.9. The van der Waals surface area contributed by atoms with E-state index in [1.807, 2.05) is 6.07 Å². The number of rotatable bonds is 5. The fourth-order valence-electron chi connectivity index (χ4n) is 2.03. The molecule has 0 saturated carbocycles. The third-order valence-electron chi connectivity index (χ3n) is 3.15. The van der Waals surface area contributed by atoms with Gasteiger partial charge in [-0.3, -0.25) is 10.1 Å². The number of anilines is 1. The maximum Gasteiger partial charge on any atom is 0.270 e. The van der Waals surface area contributed by atoms with Crippen LogP contribution in [0.25, 0.3) is 0 Å². The van der Waals surface area contributed by atoms with Crippen molar-refractivity contribution < 1.29 is 10.0 Å². The molecule has 0 bridgehead atoms. The topological polar surface area (TPSA) is 99.2 Å². The van der Waals surface area contributed by atoms with Crippen LogP contribution in [0.15, 0.2) is 36.4 Å². The van der Waals surface area contributed by atoms with Gasteiger partial charge in [0.15, 0.2) is 0 Å². The predicted octanol–water partition coefficient (Wildman–Crippen LogP) is 3.92. The van der Waals surface area contributed by atoms with Gasteiger partial charge < -0.3 is 10.4 Å². The summed E-state index contributed by atoms with van der Waals surface area (Å²) in [5.74, 6) is 0. The lowest BCUT2D eigenvalue weighted by molar-refractivity contribution is -0.384. The van der Waals surface area contributed by atoms with Crippen LogP contribution < -0.4 is 5.32 Å². The van der Waals surface area contributed by atoms with E-state index in [-0.39, 0.29) is 17.8 Å². The van der Waals surface area contributed by atoms with E-state index in [9.17, 15) is 15.2 Å². The number of hydrogen-bond acceptors (Lipinski definition) is 5. The summed E-state index contributed by atoms with van der Waals surface area (Å²) in [6.07, 6.45) is -1.00. The van der Waals surface area contributed by atoms with E-state index in [1.54, 1.807) is 18.2 Å². The minimum Gasteiger partial charge on any atom is -0.386 e. The van der Waals surface area contributed by atoms with Gasteiger partial charge in [0, 0.05) is 34.3 Å². The Morgan fingerprint density at radius 3 is 2.52 bits per heavy atom. The summed E-state index contributed by atoms with van der Waals surface area (Å²) >= 11 is 12.0. The highest BCUT2D eigenvalue weighted by Gasteiger charge is 2.16. The summed E-state index contributed by atoms with van der Waals surface area (Å²) in [6.45, 7) is 0.0376. The first-order valence-electron chi connectivity index (χ1n) is 6.48. The molecule has 0 aliphatic rings. The van der Waals surface area contributed by atoms with Crippen LogP contribution in [0.4, 0.5) is 11.4 Å². The Kier molecular flexibility index (Phi) is 5.40. The molecule has 0 amide bonds. The molecule has 2 aromatic rings. The highest BCUT2D eigenvalue weighted by atomic mass is 35.5. The average molecular weight is 352 g/mol. The number of aliphatic hydroxyl groups excluding tert-OH is 1. The van der Waals surface area contributed by atoms with Gasteiger partial charge in [0.25, 0.3) is 5.69 Å². The molecule has 0 aliphatic heterocycles. The van der Waals surface area contributed by atoms with Crippen molar-refractivity contribution in [1.29, 1.82) is 5.26 Å². The third-order valence-corrected chi connectivity index (χ3v) is 3.81. The van der Waals surface area contributed by atoms with Crippen molar-refractivity contribution >= 4 is 34.6 Å². The molecule has 1 unspecified atom stereocenters. The normalized spacial score (nSPS) is 11.6. The summed E-state index contributed by atoms with van der Waals surface area (Å²) in [4.78, 5) is 10.1. The molecule has 0 fully saturated rings. The Balaban J connectivity index is 2.18. The van der Waals surface area contributed by atoms with Gasteiger partial charge in [-0.25, -0.2) is 0 Å². The number of aliphatic hydroxyl groups is 1. The van der Waals surface area contributed by atoms with Crippen LogP contribution in [-0.4, -0.2) is 16.6 Å². The molecule has 0 heterocycles. The Morgan fingerprint density at radius 1 is 1.30 bits per heavy atom. The molecule has 118 valence electrons. The maximum absolute atomic E-state index is 10.7. The van der Waals surface area contributed by atoms with Gasteiger partial charge in [-0.15, -0.1) is 0 Å². The van der Waals surface area contributed by atoms with Crippen molar-refractivity contribution in [3.05, 3.63) is 67.7 Å². The number of nitro benzene ring substituents is 1. The summed E-state index contributed by atoms with van der Waals surface area (Å²) in [5, 5.41) is 33.5. The summed E-state index contributed by atoms with van der Waals surface area (Å²) in [7, 11) is 0. The first kappa shape index (κ1) is 17.0. The third kappa shape index (κ3) is 3.90. The van der Waals surface area contributed by atoms with Crippen molar-refractivity contribution in [1.82, 2.24) is 0 Å². The first-order valence-corrected chi connectivity index (χ1v) is 7.24. The maximum atomic E-state index is 10.7. The number of benzene rings is 2. The van der Waals surface area contributed by atoms with E-state index in [0.717, 1.165) is 6.07 Å². The lowest BCUT2D eigenvalue weighted by atomic mass is 10.1. The van der Waals surface area contributed by atoms with E-state index in [4.69, 9.17) is 28.5 Å². The molecular formula is C15H11Cl2N3O3.